The van der Waals surface area contributed by atoms with Gasteiger partial charge in [0.2, 0.25) is 0 Å². The molecule has 0 saturated heterocycles. The van der Waals surface area contributed by atoms with Crippen molar-refractivity contribution in [2.24, 2.45) is 0 Å². The first kappa shape index (κ1) is 12.3. The van der Waals surface area contributed by atoms with E-state index in [0.717, 1.165) is 22.6 Å². The van der Waals surface area contributed by atoms with Crippen LogP contribution in [0.1, 0.15) is 0 Å². The van der Waals surface area contributed by atoms with Gasteiger partial charge in [0, 0.05) is 21.2 Å². The first-order chi connectivity index (χ1) is 9.22. The number of rotatable bonds is 2. The highest BCUT2D eigenvalue weighted by atomic mass is 35.5. The number of H-pyrrole nitrogens is 1. The summed E-state index contributed by atoms with van der Waals surface area (Å²) in [4.78, 5) is 7.66. The topological polar surface area (TPSA) is 28.7 Å². The van der Waals surface area contributed by atoms with E-state index in [9.17, 15) is 0 Å². The summed E-state index contributed by atoms with van der Waals surface area (Å²) in [5.74, 6) is 0.812. The van der Waals surface area contributed by atoms with Crippen molar-refractivity contribution in [2.45, 2.75) is 0 Å². The SMILES string of the molecule is Clc1ccc(-c2ncc(-c3cccc(Cl)c3)[nH]2)cc1. The van der Waals surface area contributed by atoms with Gasteiger partial charge < -0.3 is 4.98 Å². The van der Waals surface area contributed by atoms with E-state index in [1.165, 1.54) is 0 Å². The third-order valence-electron chi connectivity index (χ3n) is 2.83. The van der Waals surface area contributed by atoms with Crippen molar-refractivity contribution < 1.29 is 0 Å². The van der Waals surface area contributed by atoms with Crippen molar-refractivity contribution >= 4 is 23.2 Å². The molecule has 0 spiro atoms. The predicted molar refractivity (Wildman–Crippen MR) is 79.5 cm³/mol. The lowest BCUT2D eigenvalue weighted by molar-refractivity contribution is 1.31. The van der Waals surface area contributed by atoms with E-state index in [2.05, 4.69) is 9.97 Å². The second-order valence-electron chi connectivity index (χ2n) is 4.16. The molecule has 1 N–H and O–H groups in total. The molecular formula is C15H10Cl2N2. The number of nitrogens with zero attached hydrogens (tertiary/aromatic N) is 1. The van der Waals surface area contributed by atoms with Gasteiger partial charge in [0.15, 0.2) is 0 Å². The minimum absolute atomic E-state index is 0.708. The number of aromatic nitrogens is 2. The third-order valence-corrected chi connectivity index (χ3v) is 3.32. The molecule has 0 unspecified atom stereocenters. The van der Waals surface area contributed by atoms with Gasteiger partial charge in [0.05, 0.1) is 11.9 Å². The molecule has 19 heavy (non-hydrogen) atoms. The molecule has 0 aliphatic rings. The maximum Gasteiger partial charge on any atom is 0.137 e. The van der Waals surface area contributed by atoms with Crippen LogP contribution >= 0.6 is 23.2 Å². The van der Waals surface area contributed by atoms with Crippen molar-refractivity contribution in [2.75, 3.05) is 0 Å². The molecule has 0 amide bonds. The Morgan fingerprint density at radius 1 is 0.842 bits per heavy atom. The highest BCUT2D eigenvalue weighted by Crippen LogP contribution is 2.24. The van der Waals surface area contributed by atoms with Gasteiger partial charge in [-0.05, 0) is 36.4 Å². The Balaban J connectivity index is 1.97. The summed E-state index contributed by atoms with van der Waals surface area (Å²) in [6, 6.07) is 15.2. The number of aromatic amines is 1. The molecule has 0 aliphatic carbocycles. The summed E-state index contributed by atoms with van der Waals surface area (Å²) >= 11 is 11.9. The minimum Gasteiger partial charge on any atom is -0.338 e. The van der Waals surface area contributed by atoms with Gasteiger partial charge >= 0.3 is 0 Å². The fraction of sp³-hybridized carbons (Fsp3) is 0. The van der Waals surface area contributed by atoms with Crippen LogP contribution in [-0.4, -0.2) is 9.97 Å². The van der Waals surface area contributed by atoms with Gasteiger partial charge in [-0.15, -0.1) is 0 Å². The quantitative estimate of drug-likeness (QED) is 0.702. The Morgan fingerprint density at radius 3 is 2.37 bits per heavy atom. The van der Waals surface area contributed by atoms with Crippen LogP contribution in [0.15, 0.2) is 54.7 Å². The molecule has 1 heterocycles. The average molecular weight is 289 g/mol. The maximum atomic E-state index is 5.99. The van der Waals surface area contributed by atoms with Gasteiger partial charge in [0.25, 0.3) is 0 Å². The van der Waals surface area contributed by atoms with E-state index in [1.54, 1.807) is 6.20 Å². The second kappa shape index (κ2) is 5.08. The van der Waals surface area contributed by atoms with Crippen molar-refractivity contribution in [3.8, 4) is 22.6 Å². The molecule has 3 aromatic rings. The summed E-state index contributed by atoms with van der Waals surface area (Å²) in [5, 5.41) is 1.42. The Hall–Kier alpha value is -1.77. The van der Waals surface area contributed by atoms with Crippen LogP contribution in [-0.2, 0) is 0 Å². The third kappa shape index (κ3) is 2.65. The molecule has 0 aliphatic heterocycles. The summed E-state index contributed by atoms with van der Waals surface area (Å²) < 4.78 is 0. The van der Waals surface area contributed by atoms with E-state index >= 15 is 0 Å². The zero-order valence-electron chi connectivity index (χ0n) is 9.90. The Bertz CT molecular complexity index is 702. The lowest BCUT2D eigenvalue weighted by Gasteiger charge is -1.99. The fourth-order valence-corrected chi connectivity index (χ4v) is 2.19. The zero-order valence-corrected chi connectivity index (χ0v) is 11.4. The van der Waals surface area contributed by atoms with Crippen LogP contribution in [0.5, 0.6) is 0 Å². The molecule has 4 heteroatoms. The highest BCUT2D eigenvalue weighted by molar-refractivity contribution is 6.31. The molecule has 0 saturated carbocycles. The second-order valence-corrected chi connectivity index (χ2v) is 5.04. The highest BCUT2D eigenvalue weighted by Gasteiger charge is 2.05. The Kier molecular flexibility index (Phi) is 3.28. The van der Waals surface area contributed by atoms with Crippen molar-refractivity contribution in [3.63, 3.8) is 0 Å². The molecule has 0 bridgehead atoms. The molecule has 1 aromatic heterocycles. The summed E-state index contributed by atoms with van der Waals surface area (Å²) in [5.41, 5.74) is 2.95. The minimum atomic E-state index is 0.708. The van der Waals surface area contributed by atoms with Crippen LogP contribution in [0, 0.1) is 0 Å². The molecule has 94 valence electrons. The number of imidazole rings is 1. The van der Waals surface area contributed by atoms with Crippen LogP contribution < -0.4 is 0 Å². The van der Waals surface area contributed by atoms with Crippen molar-refractivity contribution in [3.05, 3.63) is 64.8 Å². The molecule has 3 rings (SSSR count). The molecule has 2 nitrogen and oxygen atoms in total. The normalized spacial score (nSPS) is 10.6. The number of benzene rings is 2. The van der Waals surface area contributed by atoms with Gasteiger partial charge in [-0.1, -0.05) is 35.3 Å². The maximum absolute atomic E-state index is 5.99. The predicted octanol–water partition coefficient (Wildman–Crippen LogP) is 5.05. The summed E-state index contributed by atoms with van der Waals surface area (Å²) in [6.07, 6.45) is 1.80. The summed E-state index contributed by atoms with van der Waals surface area (Å²) in [6.45, 7) is 0. The van der Waals surface area contributed by atoms with Crippen molar-refractivity contribution in [1.82, 2.24) is 9.97 Å². The number of hydrogen-bond acceptors (Lipinski definition) is 1. The van der Waals surface area contributed by atoms with Crippen LogP contribution in [0.3, 0.4) is 0 Å². The van der Waals surface area contributed by atoms with Crippen molar-refractivity contribution in [1.29, 1.82) is 0 Å². The number of hydrogen-bond donors (Lipinski definition) is 1. The first-order valence-corrected chi connectivity index (χ1v) is 6.55. The van der Waals surface area contributed by atoms with E-state index in [4.69, 9.17) is 23.2 Å². The van der Waals surface area contributed by atoms with E-state index in [-0.39, 0.29) is 0 Å². The smallest absolute Gasteiger partial charge is 0.137 e. The molecule has 0 atom stereocenters. The zero-order chi connectivity index (χ0) is 13.2. The lowest BCUT2D eigenvalue weighted by Crippen LogP contribution is -1.81. The largest absolute Gasteiger partial charge is 0.338 e. The first-order valence-electron chi connectivity index (χ1n) is 5.79. The van der Waals surface area contributed by atoms with Crippen LogP contribution in [0.25, 0.3) is 22.6 Å². The van der Waals surface area contributed by atoms with Gasteiger partial charge in [-0.25, -0.2) is 4.98 Å². The molecule has 0 fully saturated rings. The lowest BCUT2D eigenvalue weighted by atomic mass is 10.2. The number of nitrogens with one attached hydrogen (secondary N) is 1. The van der Waals surface area contributed by atoms with Crippen LogP contribution in [0.2, 0.25) is 10.0 Å². The molecular weight excluding hydrogens is 279 g/mol. The van der Waals surface area contributed by atoms with E-state index < -0.39 is 0 Å². The monoisotopic (exact) mass is 288 g/mol. The number of halogens is 2. The molecule has 0 radical (unpaired) electrons. The Morgan fingerprint density at radius 2 is 1.63 bits per heavy atom. The van der Waals surface area contributed by atoms with E-state index in [0.29, 0.717) is 10.0 Å². The van der Waals surface area contributed by atoms with E-state index in [1.807, 2.05) is 48.5 Å². The average Bonchev–Trinajstić information content (AvgIpc) is 2.89. The Labute approximate surface area is 121 Å². The fourth-order valence-electron chi connectivity index (χ4n) is 1.88. The van der Waals surface area contributed by atoms with Gasteiger partial charge in [-0.2, -0.15) is 0 Å². The summed E-state index contributed by atoms with van der Waals surface area (Å²) in [7, 11) is 0. The van der Waals surface area contributed by atoms with Gasteiger partial charge in [0.1, 0.15) is 5.82 Å². The van der Waals surface area contributed by atoms with Crippen LogP contribution in [0.4, 0.5) is 0 Å². The molecule has 2 aromatic carbocycles. The standard InChI is InChI=1S/C15H10Cl2N2/c16-12-6-4-10(5-7-12)15-18-9-14(19-15)11-2-1-3-13(17)8-11/h1-9H,(H,18,19). The van der Waals surface area contributed by atoms with Gasteiger partial charge in [-0.3, -0.25) is 0 Å².